The number of aromatic nitrogens is 1. The molecule has 1 unspecified atom stereocenters. The second-order valence-corrected chi connectivity index (χ2v) is 8.56. The van der Waals surface area contributed by atoms with Crippen molar-refractivity contribution in [2.75, 3.05) is 14.2 Å². The maximum absolute atomic E-state index is 12.1. The minimum absolute atomic E-state index is 0.00111. The minimum atomic E-state index is -0.415. The average molecular weight is 470 g/mol. The molecule has 0 amide bonds. The molecule has 1 aliphatic rings. The molecule has 6 heteroatoms. The van der Waals surface area contributed by atoms with Crippen molar-refractivity contribution >= 4 is 16.9 Å². The first-order valence-electron chi connectivity index (χ1n) is 11.6. The number of fused-ring (bicyclic) bond motifs is 2. The number of benzene rings is 3. The van der Waals surface area contributed by atoms with Crippen molar-refractivity contribution in [3.8, 4) is 17.2 Å². The molecule has 6 nitrogen and oxygen atoms in total. The highest BCUT2D eigenvalue weighted by atomic mass is 16.5. The van der Waals surface area contributed by atoms with Crippen LogP contribution >= 0.6 is 0 Å². The number of ether oxygens (including phenoxy) is 4. The van der Waals surface area contributed by atoms with Crippen LogP contribution < -0.4 is 14.2 Å². The average Bonchev–Trinajstić information content (AvgIpc) is 2.91. The van der Waals surface area contributed by atoms with E-state index in [-0.39, 0.29) is 6.10 Å². The first kappa shape index (κ1) is 22.7. The van der Waals surface area contributed by atoms with Gasteiger partial charge in [0.25, 0.3) is 0 Å². The maximum atomic E-state index is 12.1. The molecule has 1 aromatic heterocycles. The van der Waals surface area contributed by atoms with E-state index in [4.69, 9.17) is 18.9 Å². The van der Waals surface area contributed by atoms with Gasteiger partial charge in [-0.3, -0.25) is 0 Å². The van der Waals surface area contributed by atoms with E-state index in [9.17, 15) is 4.79 Å². The summed E-state index contributed by atoms with van der Waals surface area (Å²) in [6, 6.07) is 23.7. The number of hydrogen-bond donors (Lipinski definition) is 0. The molecular weight excluding hydrogens is 442 g/mol. The number of rotatable bonds is 7. The monoisotopic (exact) mass is 469 g/mol. The van der Waals surface area contributed by atoms with Crippen LogP contribution in [0.15, 0.2) is 72.8 Å². The van der Waals surface area contributed by atoms with Gasteiger partial charge >= 0.3 is 5.97 Å². The number of nitrogens with zero attached hydrogens (tertiary/aromatic N) is 1. The molecule has 3 aromatic carbocycles. The van der Waals surface area contributed by atoms with Crippen LogP contribution in [0.25, 0.3) is 10.9 Å². The largest absolute Gasteiger partial charge is 0.496 e. The molecule has 0 saturated heterocycles. The zero-order valence-corrected chi connectivity index (χ0v) is 19.8. The topological polar surface area (TPSA) is 66.9 Å². The number of methoxy groups -OCH3 is 2. The minimum Gasteiger partial charge on any atom is -0.496 e. The quantitative estimate of drug-likeness (QED) is 0.331. The Bertz CT molecular complexity index is 1370. The van der Waals surface area contributed by atoms with Crippen LogP contribution in [0.1, 0.15) is 33.6 Å². The summed E-state index contributed by atoms with van der Waals surface area (Å²) < 4.78 is 22.5. The molecule has 0 N–H and O–H groups in total. The normalized spacial score (nSPS) is 14.6. The van der Waals surface area contributed by atoms with E-state index >= 15 is 0 Å². The van der Waals surface area contributed by atoms with Crippen molar-refractivity contribution in [3.63, 3.8) is 0 Å². The van der Waals surface area contributed by atoms with Crippen molar-refractivity contribution in [2.45, 2.75) is 32.0 Å². The molecule has 2 heterocycles. The summed E-state index contributed by atoms with van der Waals surface area (Å²) in [5.74, 6) is 1.67. The Morgan fingerprint density at radius 2 is 1.91 bits per heavy atom. The maximum Gasteiger partial charge on any atom is 0.341 e. The fourth-order valence-electron chi connectivity index (χ4n) is 4.40. The van der Waals surface area contributed by atoms with Gasteiger partial charge in [-0.1, -0.05) is 36.4 Å². The van der Waals surface area contributed by atoms with Gasteiger partial charge in [0, 0.05) is 17.9 Å². The zero-order valence-electron chi connectivity index (χ0n) is 19.8. The van der Waals surface area contributed by atoms with Crippen molar-refractivity contribution in [1.29, 1.82) is 0 Å². The van der Waals surface area contributed by atoms with Crippen LogP contribution in [0.5, 0.6) is 17.2 Å². The third kappa shape index (κ3) is 5.06. The molecule has 0 fully saturated rings. The summed E-state index contributed by atoms with van der Waals surface area (Å²) in [5, 5.41) is 1.11. The first-order chi connectivity index (χ1) is 17.1. The van der Waals surface area contributed by atoms with Gasteiger partial charge in [0.1, 0.15) is 35.5 Å². The molecule has 0 radical (unpaired) electrons. The van der Waals surface area contributed by atoms with E-state index in [2.05, 4.69) is 17.1 Å². The number of carbonyl (C=O) groups excluding carboxylic acids is 1. The van der Waals surface area contributed by atoms with Crippen LogP contribution in [-0.2, 0) is 24.2 Å². The van der Waals surface area contributed by atoms with Gasteiger partial charge in [-0.25, -0.2) is 9.78 Å². The van der Waals surface area contributed by atoms with Gasteiger partial charge in [-0.05, 0) is 54.3 Å². The lowest BCUT2D eigenvalue weighted by atomic mass is 9.96. The van der Waals surface area contributed by atoms with E-state index in [1.165, 1.54) is 12.7 Å². The Morgan fingerprint density at radius 3 is 2.77 bits per heavy atom. The summed E-state index contributed by atoms with van der Waals surface area (Å²) >= 11 is 0. The molecule has 0 spiro atoms. The van der Waals surface area contributed by atoms with E-state index in [0.29, 0.717) is 24.3 Å². The van der Waals surface area contributed by atoms with Crippen LogP contribution in [0.4, 0.5) is 0 Å². The fourth-order valence-corrected chi connectivity index (χ4v) is 4.40. The predicted molar refractivity (Wildman–Crippen MR) is 133 cm³/mol. The lowest BCUT2D eigenvalue weighted by molar-refractivity contribution is 0.0596. The van der Waals surface area contributed by atoms with Gasteiger partial charge in [0.2, 0.25) is 0 Å². The van der Waals surface area contributed by atoms with E-state index in [1.807, 2.05) is 54.6 Å². The van der Waals surface area contributed by atoms with Crippen LogP contribution in [0, 0.1) is 0 Å². The van der Waals surface area contributed by atoms with Crippen LogP contribution in [0.2, 0.25) is 0 Å². The molecule has 0 bridgehead atoms. The summed E-state index contributed by atoms with van der Waals surface area (Å²) in [6.45, 7) is 0.384. The fraction of sp³-hybridized carbons (Fsp3) is 0.241. The Labute approximate surface area is 204 Å². The number of carbonyl (C=O) groups is 1. The number of pyridine rings is 1. The standard InChI is InChI=1S/C29H27NO5/c1-32-27-14-7-19(16-25(27)29(31)33-2)15-24-13-10-21-9-12-23(17-28(21)35-24)34-18-22-11-8-20-5-3-4-6-26(20)30-22/h3-9,11-12,14,16-17,24H,10,13,15,18H2,1-2H3. The Morgan fingerprint density at radius 1 is 1.03 bits per heavy atom. The Hall–Kier alpha value is -4.06. The molecular formula is C29H27NO5. The molecule has 5 rings (SSSR count). The number of aryl methyl sites for hydroxylation is 1. The highest BCUT2D eigenvalue weighted by Crippen LogP contribution is 2.33. The van der Waals surface area contributed by atoms with Crippen molar-refractivity contribution in [2.24, 2.45) is 0 Å². The molecule has 35 heavy (non-hydrogen) atoms. The summed E-state index contributed by atoms with van der Waals surface area (Å²) in [7, 11) is 2.91. The molecule has 1 atom stereocenters. The zero-order chi connectivity index (χ0) is 24.2. The summed E-state index contributed by atoms with van der Waals surface area (Å²) in [4.78, 5) is 16.8. The van der Waals surface area contributed by atoms with Gasteiger partial charge in [-0.15, -0.1) is 0 Å². The lowest BCUT2D eigenvalue weighted by Gasteiger charge is -2.27. The van der Waals surface area contributed by atoms with Gasteiger partial charge in [0.05, 0.1) is 25.4 Å². The molecule has 0 aliphatic carbocycles. The number of esters is 1. The summed E-state index contributed by atoms with van der Waals surface area (Å²) in [6.07, 6.45) is 2.50. The molecule has 1 aliphatic heterocycles. The van der Waals surface area contributed by atoms with Gasteiger partial charge < -0.3 is 18.9 Å². The molecule has 0 saturated carbocycles. The van der Waals surface area contributed by atoms with Crippen molar-refractivity contribution in [1.82, 2.24) is 4.98 Å². The highest BCUT2D eigenvalue weighted by molar-refractivity contribution is 5.92. The first-order valence-corrected chi connectivity index (χ1v) is 11.6. The molecule has 178 valence electrons. The smallest absolute Gasteiger partial charge is 0.341 e. The predicted octanol–water partition coefficient (Wildman–Crippen LogP) is 5.55. The van der Waals surface area contributed by atoms with Crippen LogP contribution in [0.3, 0.4) is 0 Å². The third-order valence-corrected chi connectivity index (χ3v) is 6.24. The number of para-hydroxylation sites is 1. The second kappa shape index (κ2) is 10.1. The van der Waals surface area contributed by atoms with Gasteiger partial charge in [-0.2, -0.15) is 0 Å². The summed E-state index contributed by atoms with van der Waals surface area (Å²) in [5.41, 5.74) is 4.42. The SMILES string of the molecule is COC(=O)c1cc(CC2CCc3ccc(OCc4ccc5ccccc5n4)cc3O2)ccc1OC. The van der Waals surface area contributed by atoms with Gasteiger partial charge in [0.15, 0.2) is 0 Å². The van der Waals surface area contributed by atoms with E-state index in [1.54, 1.807) is 13.2 Å². The second-order valence-electron chi connectivity index (χ2n) is 8.56. The lowest BCUT2D eigenvalue weighted by Crippen LogP contribution is -2.25. The highest BCUT2D eigenvalue weighted by Gasteiger charge is 2.22. The van der Waals surface area contributed by atoms with E-state index < -0.39 is 5.97 Å². The Kier molecular flexibility index (Phi) is 6.53. The third-order valence-electron chi connectivity index (χ3n) is 6.24. The number of hydrogen-bond acceptors (Lipinski definition) is 6. The molecule has 4 aromatic rings. The van der Waals surface area contributed by atoms with Crippen molar-refractivity contribution in [3.05, 3.63) is 95.2 Å². The Balaban J connectivity index is 1.26. The van der Waals surface area contributed by atoms with Crippen LogP contribution in [-0.4, -0.2) is 31.3 Å². The van der Waals surface area contributed by atoms with E-state index in [0.717, 1.165) is 46.5 Å². The van der Waals surface area contributed by atoms with Crippen molar-refractivity contribution < 1.29 is 23.7 Å².